The molecule has 1 heterocycles. The maximum Gasteiger partial charge on any atom is 0.136 e. The van der Waals surface area contributed by atoms with Crippen molar-refractivity contribution in [3.63, 3.8) is 0 Å². The van der Waals surface area contributed by atoms with Crippen molar-refractivity contribution in [2.45, 2.75) is 46.8 Å². The zero-order chi connectivity index (χ0) is 11.9. The van der Waals surface area contributed by atoms with Crippen LogP contribution in [0, 0.1) is 10.8 Å². The lowest BCUT2D eigenvalue weighted by molar-refractivity contribution is 0.0291. The van der Waals surface area contributed by atoms with Crippen LogP contribution in [-0.2, 0) is 8.92 Å². The monoisotopic (exact) mass is 230 g/mol. The smallest absolute Gasteiger partial charge is 0.136 e. The van der Waals surface area contributed by atoms with Crippen LogP contribution in [0.15, 0.2) is 12.3 Å². The maximum absolute atomic E-state index is 5.97. The van der Waals surface area contributed by atoms with Crippen molar-refractivity contribution >= 4 is 12.0 Å². The molecule has 0 aromatic heterocycles. The van der Waals surface area contributed by atoms with E-state index in [-0.39, 0.29) is 23.0 Å². The molecule has 0 radical (unpaired) electrons. The molecule has 88 valence electrons. The summed E-state index contributed by atoms with van der Waals surface area (Å²) in [4.78, 5) is 0. The Hall–Kier alpha value is -0.150. The molecular weight excluding hydrogens is 208 g/mol. The second-order valence-electron chi connectivity index (χ2n) is 5.32. The number of hydrogen-bond acceptors (Lipinski definition) is 3. The van der Waals surface area contributed by atoms with Crippen molar-refractivity contribution in [2.75, 3.05) is 6.26 Å². The fourth-order valence-corrected chi connectivity index (χ4v) is 2.34. The van der Waals surface area contributed by atoms with E-state index in [1.807, 2.05) is 6.26 Å². The molecule has 0 N–H and O–H groups in total. The highest BCUT2D eigenvalue weighted by atomic mass is 32.2. The third-order valence-electron chi connectivity index (χ3n) is 4.16. The predicted octanol–water partition coefficient (Wildman–Crippen LogP) is 3.63. The summed E-state index contributed by atoms with van der Waals surface area (Å²) >= 11 is 1.32. The zero-order valence-corrected chi connectivity index (χ0v) is 11.4. The molecule has 0 aliphatic carbocycles. The summed E-state index contributed by atoms with van der Waals surface area (Å²) in [6.07, 6.45) is 2.09. The minimum atomic E-state index is -0.0186. The van der Waals surface area contributed by atoms with Gasteiger partial charge in [0.2, 0.25) is 0 Å². The van der Waals surface area contributed by atoms with Gasteiger partial charge in [0.25, 0.3) is 0 Å². The van der Waals surface area contributed by atoms with Gasteiger partial charge in [-0.25, -0.2) is 0 Å². The fourth-order valence-electron chi connectivity index (χ4n) is 2.04. The summed E-state index contributed by atoms with van der Waals surface area (Å²) in [6, 6.07) is 0. The lowest BCUT2D eigenvalue weighted by Crippen LogP contribution is -2.38. The molecule has 0 amide bonds. The van der Waals surface area contributed by atoms with Gasteiger partial charge >= 0.3 is 0 Å². The molecule has 0 aromatic carbocycles. The van der Waals surface area contributed by atoms with E-state index >= 15 is 0 Å². The van der Waals surface area contributed by atoms with Gasteiger partial charge in [0.1, 0.15) is 11.9 Å². The minimum absolute atomic E-state index is 0.0186. The molecule has 2 nitrogen and oxygen atoms in total. The van der Waals surface area contributed by atoms with Crippen LogP contribution in [0.3, 0.4) is 0 Å². The lowest BCUT2D eigenvalue weighted by Gasteiger charge is -2.38. The SMILES string of the molecule is C=C(OSC)C1OC(C)C(C)(C)C1(C)C. The van der Waals surface area contributed by atoms with Gasteiger partial charge in [-0.3, -0.25) is 0 Å². The van der Waals surface area contributed by atoms with Crippen LogP contribution < -0.4 is 0 Å². The molecular formula is C12H22O2S. The Morgan fingerprint density at radius 3 is 2.13 bits per heavy atom. The average molecular weight is 230 g/mol. The highest BCUT2D eigenvalue weighted by Crippen LogP contribution is 2.54. The van der Waals surface area contributed by atoms with Crippen LogP contribution in [0.5, 0.6) is 0 Å². The summed E-state index contributed by atoms with van der Waals surface area (Å²) < 4.78 is 11.4. The normalized spacial score (nSPS) is 32.7. The Balaban J connectivity index is 2.91. The van der Waals surface area contributed by atoms with E-state index in [9.17, 15) is 0 Å². The van der Waals surface area contributed by atoms with E-state index in [1.54, 1.807) is 0 Å². The van der Waals surface area contributed by atoms with Crippen molar-refractivity contribution in [1.29, 1.82) is 0 Å². The first-order chi connectivity index (χ1) is 6.75. The van der Waals surface area contributed by atoms with Crippen LogP contribution in [-0.4, -0.2) is 18.5 Å². The lowest BCUT2D eigenvalue weighted by atomic mass is 9.64. The number of ether oxygens (including phenoxy) is 1. The van der Waals surface area contributed by atoms with Gasteiger partial charge < -0.3 is 8.92 Å². The largest absolute Gasteiger partial charge is 0.428 e. The van der Waals surface area contributed by atoms with E-state index in [0.717, 1.165) is 5.76 Å². The Morgan fingerprint density at radius 1 is 1.27 bits per heavy atom. The molecule has 0 bridgehead atoms. The van der Waals surface area contributed by atoms with Gasteiger partial charge in [0.15, 0.2) is 0 Å². The summed E-state index contributed by atoms with van der Waals surface area (Å²) in [5.41, 5.74) is 0.168. The predicted molar refractivity (Wildman–Crippen MR) is 65.6 cm³/mol. The van der Waals surface area contributed by atoms with Crippen LogP contribution in [0.1, 0.15) is 34.6 Å². The first-order valence-electron chi connectivity index (χ1n) is 5.30. The summed E-state index contributed by atoms with van der Waals surface area (Å²) in [5.74, 6) is 0.727. The molecule has 1 aliphatic rings. The van der Waals surface area contributed by atoms with Gasteiger partial charge in [-0.1, -0.05) is 34.3 Å². The van der Waals surface area contributed by atoms with Gasteiger partial charge in [-0.05, 0) is 12.3 Å². The van der Waals surface area contributed by atoms with Gasteiger partial charge in [-0.15, -0.1) is 0 Å². The van der Waals surface area contributed by atoms with E-state index < -0.39 is 0 Å². The second-order valence-corrected chi connectivity index (χ2v) is 5.82. The summed E-state index contributed by atoms with van der Waals surface area (Å²) in [7, 11) is 0. The van der Waals surface area contributed by atoms with Crippen LogP contribution in [0.4, 0.5) is 0 Å². The molecule has 2 atom stereocenters. The van der Waals surface area contributed by atoms with E-state index in [1.165, 1.54) is 12.0 Å². The maximum atomic E-state index is 5.97. The van der Waals surface area contributed by atoms with Gasteiger partial charge in [0, 0.05) is 11.7 Å². The fraction of sp³-hybridized carbons (Fsp3) is 0.833. The Morgan fingerprint density at radius 2 is 1.80 bits per heavy atom. The molecule has 1 aliphatic heterocycles. The average Bonchev–Trinajstić information content (AvgIpc) is 2.26. The van der Waals surface area contributed by atoms with Crippen molar-refractivity contribution < 1.29 is 8.92 Å². The molecule has 1 fully saturated rings. The second kappa shape index (κ2) is 4.02. The minimum Gasteiger partial charge on any atom is -0.428 e. The quantitative estimate of drug-likeness (QED) is 0.545. The van der Waals surface area contributed by atoms with Crippen molar-refractivity contribution in [1.82, 2.24) is 0 Å². The molecule has 0 spiro atoms. The van der Waals surface area contributed by atoms with Gasteiger partial charge in [0.05, 0.1) is 18.1 Å². The first-order valence-corrected chi connectivity index (χ1v) is 6.45. The van der Waals surface area contributed by atoms with E-state index in [0.29, 0.717) is 0 Å². The van der Waals surface area contributed by atoms with Crippen molar-refractivity contribution in [2.24, 2.45) is 10.8 Å². The zero-order valence-electron chi connectivity index (χ0n) is 10.6. The Labute approximate surface area is 97.6 Å². The van der Waals surface area contributed by atoms with E-state index in [4.69, 9.17) is 8.92 Å². The molecule has 3 heteroatoms. The standard InChI is InChI=1S/C12H22O2S/c1-8(14-15-7)10-12(5,6)11(3,4)9(2)13-10/h9-10H,1H2,2-7H3. The number of hydrogen-bond donors (Lipinski definition) is 0. The highest BCUT2D eigenvalue weighted by Gasteiger charge is 2.55. The van der Waals surface area contributed by atoms with Crippen LogP contribution in [0.25, 0.3) is 0 Å². The third-order valence-corrected chi connectivity index (χ3v) is 4.54. The highest BCUT2D eigenvalue weighted by molar-refractivity contribution is 7.94. The number of rotatable bonds is 3. The van der Waals surface area contributed by atoms with Crippen molar-refractivity contribution in [3.8, 4) is 0 Å². The van der Waals surface area contributed by atoms with Crippen molar-refractivity contribution in [3.05, 3.63) is 12.3 Å². The van der Waals surface area contributed by atoms with Crippen LogP contribution in [0.2, 0.25) is 0 Å². The summed E-state index contributed by atoms with van der Waals surface area (Å²) in [5, 5.41) is 0. The topological polar surface area (TPSA) is 18.5 Å². The Bertz CT molecular complexity index is 258. The molecule has 2 unspecified atom stereocenters. The molecule has 0 aromatic rings. The molecule has 1 rings (SSSR count). The molecule has 1 saturated heterocycles. The van der Waals surface area contributed by atoms with E-state index in [2.05, 4.69) is 41.2 Å². The van der Waals surface area contributed by atoms with Crippen LogP contribution >= 0.6 is 12.0 Å². The van der Waals surface area contributed by atoms with Gasteiger partial charge in [-0.2, -0.15) is 0 Å². The molecule has 15 heavy (non-hydrogen) atoms. The Kier molecular flexibility index (Phi) is 3.46. The third kappa shape index (κ3) is 1.92. The molecule has 0 saturated carbocycles. The first kappa shape index (κ1) is 12.9. The summed E-state index contributed by atoms with van der Waals surface area (Å²) in [6.45, 7) is 15.0.